The standard InChI is InChI=1S/C25H34N4O4/c1-3-5-7-9-16-32-24(30)21(25(31)33-17-10-8-6-4-2)19-28-22-13-15-27-23(29-22)20-12-11-14-26-18-20/h11-15,18-19H,3-10,16-17H2,1-2H3,(H,27,28,29). The van der Waals surface area contributed by atoms with Gasteiger partial charge in [0.15, 0.2) is 11.4 Å². The Balaban J connectivity index is 2.06. The van der Waals surface area contributed by atoms with Gasteiger partial charge in [0.2, 0.25) is 0 Å². The fourth-order valence-electron chi connectivity index (χ4n) is 2.96. The topological polar surface area (TPSA) is 103 Å². The van der Waals surface area contributed by atoms with E-state index in [-0.39, 0.29) is 18.8 Å². The monoisotopic (exact) mass is 454 g/mol. The largest absolute Gasteiger partial charge is 0.462 e. The van der Waals surface area contributed by atoms with Crippen LogP contribution in [0.3, 0.4) is 0 Å². The predicted molar refractivity (Wildman–Crippen MR) is 127 cm³/mol. The minimum absolute atomic E-state index is 0.192. The molecule has 178 valence electrons. The maximum Gasteiger partial charge on any atom is 0.347 e. The van der Waals surface area contributed by atoms with Crippen molar-refractivity contribution in [2.24, 2.45) is 0 Å². The van der Waals surface area contributed by atoms with Gasteiger partial charge in [-0.1, -0.05) is 52.4 Å². The molecule has 2 aromatic rings. The van der Waals surface area contributed by atoms with E-state index in [0.29, 0.717) is 11.6 Å². The highest BCUT2D eigenvalue weighted by Gasteiger charge is 2.21. The van der Waals surface area contributed by atoms with Crippen LogP contribution in [-0.4, -0.2) is 40.1 Å². The van der Waals surface area contributed by atoms with Crippen LogP contribution in [0, 0.1) is 0 Å². The molecule has 2 heterocycles. The van der Waals surface area contributed by atoms with Crippen LogP contribution >= 0.6 is 0 Å². The summed E-state index contributed by atoms with van der Waals surface area (Å²) in [5.74, 6) is -0.522. The molecule has 0 saturated heterocycles. The first-order valence-electron chi connectivity index (χ1n) is 11.7. The zero-order chi connectivity index (χ0) is 23.7. The first kappa shape index (κ1) is 26.0. The van der Waals surface area contributed by atoms with Gasteiger partial charge in [0, 0.05) is 30.4 Å². The van der Waals surface area contributed by atoms with Crippen LogP contribution in [0.4, 0.5) is 5.82 Å². The van der Waals surface area contributed by atoms with E-state index in [4.69, 9.17) is 9.47 Å². The van der Waals surface area contributed by atoms with Crippen molar-refractivity contribution in [1.29, 1.82) is 0 Å². The Labute approximate surface area is 195 Å². The van der Waals surface area contributed by atoms with Crippen LogP contribution in [0.5, 0.6) is 0 Å². The van der Waals surface area contributed by atoms with Gasteiger partial charge in [-0.2, -0.15) is 0 Å². The molecule has 8 nitrogen and oxygen atoms in total. The van der Waals surface area contributed by atoms with Crippen molar-refractivity contribution >= 4 is 17.8 Å². The summed E-state index contributed by atoms with van der Waals surface area (Å²) in [4.78, 5) is 37.9. The average Bonchev–Trinajstić information content (AvgIpc) is 2.84. The van der Waals surface area contributed by atoms with Gasteiger partial charge in [-0.25, -0.2) is 19.6 Å². The normalized spacial score (nSPS) is 10.4. The first-order chi connectivity index (χ1) is 16.2. The van der Waals surface area contributed by atoms with E-state index in [1.807, 2.05) is 6.07 Å². The summed E-state index contributed by atoms with van der Waals surface area (Å²) in [5, 5.41) is 2.90. The number of nitrogens with one attached hydrogen (secondary N) is 1. The lowest BCUT2D eigenvalue weighted by Crippen LogP contribution is -2.20. The minimum atomic E-state index is -0.709. The number of hydrogen-bond donors (Lipinski definition) is 1. The fourth-order valence-corrected chi connectivity index (χ4v) is 2.96. The lowest BCUT2D eigenvalue weighted by atomic mass is 10.2. The zero-order valence-electron chi connectivity index (χ0n) is 19.6. The molecule has 0 unspecified atom stereocenters. The summed E-state index contributed by atoms with van der Waals surface area (Å²) < 4.78 is 10.6. The van der Waals surface area contributed by atoms with Crippen LogP contribution in [0.25, 0.3) is 11.4 Å². The van der Waals surface area contributed by atoms with Gasteiger partial charge in [0.05, 0.1) is 13.2 Å². The smallest absolute Gasteiger partial charge is 0.347 e. The third kappa shape index (κ3) is 9.80. The predicted octanol–water partition coefficient (Wildman–Crippen LogP) is 5.08. The third-order valence-electron chi connectivity index (χ3n) is 4.84. The summed E-state index contributed by atoms with van der Waals surface area (Å²) in [6.07, 6.45) is 14.0. The second-order valence-electron chi connectivity index (χ2n) is 7.60. The number of esters is 2. The second-order valence-corrected chi connectivity index (χ2v) is 7.60. The molecule has 0 aromatic carbocycles. The van der Waals surface area contributed by atoms with Crippen molar-refractivity contribution in [3.63, 3.8) is 0 Å². The van der Waals surface area contributed by atoms with Gasteiger partial charge in [0.1, 0.15) is 5.82 Å². The van der Waals surface area contributed by atoms with Crippen molar-refractivity contribution in [2.75, 3.05) is 18.5 Å². The Morgan fingerprint density at radius 3 is 2.15 bits per heavy atom. The number of nitrogens with zero attached hydrogens (tertiary/aromatic N) is 3. The van der Waals surface area contributed by atoms with Gasteiger partial charge in [0.25, 0.3) is 0 Å². The number of pyridine rings is 1. The number of unbranched alkanes of at least 4 members (excludes halogenated alkanes) is 6. The van der Waals surface area contributed by atoms with E-state index in [1.54, 1.807) is 30.7 Å². The van der Waals surface area contributed by atoms with Gasteiger partial charge in [-0.15, -0.1) is 0 Å². The molecule has 0 aliphatic heterocycles. The second kappa shape index (κ2) is 15.5. The Bertz CT molecular complexity index is 859. The molecule has 0 amide bonds. The molecule has 0 atom stereocenters. The molecule has 0 spiro atoms. The van der Waals surface area contributed by atoms with E-state index in [1.165, 1.54) is 6.20 Å². The number of anilines is 1. The van der Waals surface area contributed by atoms with Crippen molar-refractivity contribution in [1.82, 2.24) is 15.0 Å². The van der Waals surface area contributed by atoms with Crippen LogP contribution in [0.1, 0.15) is 65.2 Å². The lowest BCUT2D eigenvalue weighted by molar-refractivity contribution is -0.147. The van der Waals surface area contributed by atoms with Crippen molar-refractivity contribution in [3.05, 3.63) is 48.6 Å². The summed E-state index contributed by atoms with van der Waals surface area (Å²) in [7, 11) is 0. The van der Waals surface area contributed by atoms with E-state index in [0.717, 1.165) is 56.9 Å². The average molecular weight is 455 g/mol. The summed E-state index contributed by atoms with van der Waals surface area (Å²) >= 11 is 0. The number of aromatic nitrogens is 3. The molecule has 0 bridgehead atoms. The highest BCUT2D eigenvalue weighted by molar-refractivity contribution is 6.14. The van der Waals surface area contributed by atoms with Crippen LogP contribution in [0.15, 0.2) is 48.6 Å². The lowest BCUT2D eigenvalue weighted by Gasteiger charge is -2.10. The first-order valence-corrected chi connectivity index (χ1v) is 11.7. The molecule has 8 heteroatoms. The molecule has 0 radical (unpaired) electrons. The maximum absolute atomic E-state index is 12.6. The molecule has 2 aromatic heterocycles. The molecule has 0 aliphatic rings. The highest BCUT2D eigenvalue weighted by Crippen LogP contribution is 2.15. The van der Waals surface area contributed by atoms with E-state index >= 15 is 0 Å². The third-order valence-corrected chi connectivity index (χ3v) is 4.84. The van der Waals surface area contributed by atoms with Crippen LogP contribution < -0.4 is 5.32 Å². The molecule has 0 fully saturated rings. The number of rotatable bonds is 15. The van der Waals surface area contributed by atoms with Crippen LogP contribution in [0.2, 0.25) is 0 Å². The number of hydrogen-bond acceptors (Lipinski definition) is 8. The highest BCUT2D eigenvalue weighted by atomic mass is 16.6. The molecule has 33 heavy (non-hydrogen) atoms. The maximum atomic E-state index is 12.6. The summed E-state index contributed by atoms with van der Waals surface area (Å²) in [5.41, 5.74) is 0.561. The Hall–Kier alpha value is -3.29. The van der Waals surface area contributed by atoms with Gasteiger partial charge in [-0.3, -0.25) is 4.98 Å². The number of carbonyl (C=O) groups excluding carboxylic acids is 2. The van der Waals surface area contributed by atoms with Crippen molar-refractivity contribution < 1.29 is 19.1 Å². The molecule has 1 N–H and O–H groups in total. The molecular weight excluding hydrogens is 420 g/mol. The van der Waals surface area contributed by atoms with Crippen LogP contribution in [-0.2, 0) is 19.1 Å². The Morgan fingerprint density at radius 2 is 1.58 bits per heavy atom. The van der Waals surface area contributed by atoms with E-state index in [9.17, 15) is 9.59 Å². The van der Waals surface area contributed by atoms with Gasteiger partial charge >= 0.3 is 11.9 Å². The van der Waals surface area contributed by atoms with Crippen molar-refractivity contribution in [2.45, 2.75) is 65.2 Å². The molecule has 0 aliphatic carbocycles. The van der Waals surface area contributed by atoms with Gasteiger partial charge < -0.3 is 14.8 Å². The Morgan fingerprint density at radius 1 is 0.909 bits per heavy atom. The van der Waals surface area contributed by atoms with E-state index in [2.05, 4.69) is 34.1 Å². The minimum Gasteiger partial charge on any atom is -0.462 e. The van der Waals surface area contributed by atoms with Gasteiger partial charge in [-0.05, 0) is 31.0 Å². The molecule has 0 saturated carbocycles. The summed E-state index contributed by atoms with van der Waals surface area (Å²) in [6.45, 7) is 4.75. The molecule has 2 rings (SSSR count). The molecular formula is C25H34N4O4. The quantitative estimate of drug-likeness (QED) is 0.131. The Kier molecular flexibility index (Phi) is 12.2. The van der Waals surface area contributed by atoms with E-state index < -0.39 is 11.9 Å². The zero-order valence-corrected chi connectivity index (χ0v) is 19.6. The number of ether oxygens (including phenoxy) is 2. The fraction of sp³-hybridized carbons (Fsp3) is 0.480. The summed E-state index contributed by atoms with van der Waals surface area (Å²) in [6, 6.07) is 5.28. The number of carbonyl (C=O) groups is 2. The van der Waals surface area contributed by atoms with Crippen molar-refractivity contribution in [3.8, 4) is 11.4 Å². The SMILES string of the molecule is CCCCCCOC(=O)C(=CNc1ccnc(-c2cccnc2)n1)C(=O)OCCCCCC.